The van der Waals surface area contributed by atoms with E-state index in [2.05, 4.69) is 23.9 Å². The van der Waals surface area contributed by atoms with Gasteiger partial charge >= 0.3 is 0 Å². The lowest BCUT2D eigenvalue weighted by Crippen LogP contribution is -2.39. The Hall–Kier alpha value is -0.890. The average molecular weight is 289 g/mol. The van der Waals surface area contributed by atoms with Crippen molar-refractivity contribution in [3.63, 3.8) is 0 Å². The molecule has 0 saturated heterocycles. The average Bonchev–Trinajstić information content (AvgIpc) is 2.84. The molecule has 0 spiro atoms. The first-order valence-electron chi connectivity index (χ1n) is 6.38. The highest BCUT2D eigenvalue weighted by molar-refractivity contribution is 7.87. The molecular formula is C12H23N3O3S. The maximum atomic E-state index is 11.9. The monoisotopic (exact) mass is 289 g/mol. The summed E-state index contributed by atoms with van der Waals surface area (Å²) < 4.78 is 32.7. The summed E-state index contributed by atoms with van der Waals surface area (Å²) in [4.78, 5) is 0. The minimum Gasteiger partial charge on any atom is -0.468 e. The van der Waals surface area contributed by atoms with E-state index in [4.69, 9.17) is 4.42 Å². The van der Waals surface area contributed by atoms with Crippen LogP contribution < -0.4 is 10.0 Å². The normalized spacial score (nSPS) is 12.5. The van der Waals surface area contributed by atoms with E-state index in [1.54, 1.807) is 19.2 Å². The van der Waals surface area contributed by atoms with E-state index in [1.165, 1.54) is 10.6 Å². The van der Waals surface area contributed by atoms with Gasteiger partial charge in [0.15, 0.2) is 0 Å². The van der Waals surface area contributed by atoms with E-state index >= 15 is 0 Å². The Labute approximate surface area is 115 Å². The van der Waals surface area contributed by atoms with Crippen molar-refractivity contribution < 1.29 is 12.8 Å². The van der Waals surface area contributed by atoms with Crippen molar-refractivity contribution in [2.75, 3.05) is 20.1 Å². The zero-order chi connectivity index (χ0) is 14.3. The molecule has 7 heteroatoms. The largest absolute Gasteiger partial charge is 0.468 e. The molecular weight excluding hydrogens is 266 g/mol. The van der Waals surface area contributed by atoms with Gasteiger partial charge in [-0.1, -0.05) is 13.8 Å². The van der Waals surface area contributed by atoms with E-state index in [9.17, 15) is 8.42 Å². The Bertz CT molecular complexity index is 443. The van der Waals surface area contributed by atoms with Crippen LogP contribution in [0.2, 0.25) is 0 Å². The fourth-order valence-corrected chi connectivity index (χ4v) is 2.41. The summed E-state index contributed by atoms with van der Waals surface area (Å²) in [6.45, 7) is 5.57. The predicted octanol–water partition coefficient (Wildman–Crippen LogP) is 0.934. The summed E-state index contributed by atoms with van der Waals surface area (Å²) in [5.74, 6) is 0.596. The molecule has 0 bridgehead atoms. The topological polar surface area (TPSA) is 74.6 Å². The first-order chi connectivity index (χ1) is 8.92. The predicted molar refractivity (Wildman–Crippen MR) is 74.9 cm³/mol. The van der Waals surface area contributed by atoms with Crippen molar-refractivity contribution in [1.82, 2.24) is 14.3 Å². The molecule has 110 valence electrons. The van der Waals surface area contributed by atoms with Crippen LogP contribution in [-0.4, -0.2) is 38.9 Å². The number of nitrogens with one attached hydrogen (secondary N) is 2. The van der Waals surface area contributed by atoms with Crippen molar-refractivity contribution in [3.05, 3.63) is 24.2 Å². The SMILES string of the molecule is CC(C)NCCCN(C)S(=O)(=O)NCc1ccco1. The van der Waals surface area contributed by atoms with Crippen LogP contribution in [0.4, 0.5) is 0 Å². The molecule has 0 atom stereocenters. The maximum Gasteiger partial charge on any atom is 0.279 e. The highest BCUT2D eigenvalue weighted by atomic mass is 32.2. The molecule has 19 heavy (non-hydrogen) atoms. The molecule has 0 aliphatic carbocycles. The molecule has 0 amide bonds. The van der Waals surface area contributed by atoms with Crippen molar-refractivity contribution >= 4 is 10.2 Å². The van der Waals surface area contributed by atoms with Crippen molar-refractivity contribution in [3.8, 4) is 0 Å². The van der Waals surface area contributed by atoms with Crippen LogP contribution in [0.25, 0.3) is 0 Å². The first-order valence-corrected chi connectivity index (χ1v) is 7.82. The lowest BCUT2D eigenvalue weighted by Gasteiger charge is -2.17. The fraction of sp³-hybridized carbons (Fsp3) is 0.667. The number of nitrogens with zero attached hydrogens (tertiary/aromatic N) is 1. The van der Waals surface area contributed by atoms with Gasteiger partial charge in [-0.3, -0.25) is 0 Å². The third-order valence-corrected chi connectivity index (χ3v) is 4.13. The number of rotatable bonds is 9. The number of furan rings is 1. The van der Waals surface area contributed by atoms with E-state index in [-0.39, 0.29) is 6.54 Å². The number of hydrogen-bond donors (Lipinski definition) is 2. The third kappa shape index (κ3) is 6.20. The Morgan fingerprint density at radius 3 is 2.74 bits per heavy atom. The summed E-state index contributed by atoms with van der Waals surface area (Å²) in [5.41, 5.74) is 0. The van der Waals surface area contributed by atoms with Crippen LogP contribution in [0.3, 0.4) is 0 Å². The minimum absolute atomic E-state index is 0.171. The molecule has 0 aliphatic rings. The van der Waals surface area contributed by atoms with Gasteiger partial charge < -0.3 is 9.73 Å². The van der Waals surface area contributed by atoms with Gasteiger partial charge in [0, 0.05) is 19.6 Å². The molecule has 0 aliphatic heterocycles. The van der Waals surface area contributed by atoms with Crippen molar-refractivity contribution in [1.29, 1.82) is 0 Å². The number of hydrogen-bond acceptors (Lipinski definition) is 4. The van der Waals surface area contributed by atoms with Gasteiger partial charge in [0.05, 0.1) is 12.8 Å². The molecule has 1 rings (SSSR count). The third-order valence-electron chi connectivity index (χ3n) is 2.62. The van der Waals surface area contributed by atoms with Crippen LogP contribution in [0, 0.1) is 0 Å². The maximum absolute atomic E-state index is 11.9. The minimum atomic E-state index is -3.44. The lowest BCUT2D eigenvalue weighted by molar-refractivity contribution is 0.433. The van der Waals surface area contributed by atoms with E-state index in [0.29, 0.717) is 18.3 Å². The summed E-state index contributed by atoms with van der Waals surface area (Å²) >= 11 is 0. The smallest absolute Gasteiger partial charge is 0.279 e. The molecule has 1 aromatic rings. The summed E-state index contributed by atoms with van der Waals surface area (Å²) in [6, 6.07) is 3.87. The van der Waals surface area contributed by atoms with Crippen LogP contribution in [-0.2, 0) is 16.8 Å². The van der Waals surface area contributed by atoms with E-state index in [0.717, 1.165) is 13.0 Å². The second kappa shape index (κ2) is 7.64. The molecule has 0 aromatic carbocycles. The summed E-state index contributed by atoms with van der Waals surface area (Å²) in [5, 5.41) is 3.25. The van der Waals surface area contributed by atoms with E-state index in [1.807, 2.05) is 0 Å². The second-order valence-electron chi connectivity index (χ2n) is 4.69. The molecule has 2 N–H and O–H groups in total. The van der Waals surface area contributed by atoms with Crippen LogP contribution in [0.5, 0.6) is 0 Å². The van der Waals surface area contributed by atoms with Crippen molar-refractivity contribution in [2.45, 2.75) is 32.9 Å². The molecule has 0 fully saturated rings. The van der Waals surface area contributed by atoms with Crippen LogP contribution in [0.1, 0.15) is 26.0 Å². The van der Waals surface area contributed by atoms with Gasteiger partial charge in [-0.05, 0) is 25.1 Å². The standard InChI is InChI=1S/C12H23N3O3S/c1-11(2)13-7-5-8-15(3)19(16,17)14-10-12-6-4-9-18-12/h4,6,9,11,13-14H,5,7-8,10H2,1-3H3. The molecule has 0 unspecified atom stereocenters. The lowest BCUT2D eigenvalue weighted by atomic mass is 10.3. The van der Waals surface area contributed by atoms with E-state index < -0.39 is 10.2 Å². The summed E-state index contributed by atoms with van der Waals surface area (Å²) in [7, 11) is -1.87. The van der Waals surface area contributed by atoms with Crippen LogP contribution >= 0.6 is 0 Å². The highest BCUT2D eigenvalue weighted by Gasteiger charge is 2.16. The molecule has 6 nitrogen and oxygen atoms in total. The van der Waals surface area contributed by atoms with Gasteiger partial charge in [-0.15, -0.1) is 0 Å². The zero-order valence-electron chi connectivity index (χ0n) is 11.7. The van der Waals surface area contributed by atoms with Gasteiger partial charge in [0.1, 0.15) is 5.76 Å². The Morgan fingerprint density at radius 1 is 1.42 bits per heavy atom. The Morgan fingerprint density at radius 2 is 2.16 bits per heavy atom. The second-order valence-corrected chi connectivity index (χ2v) is 6.55. The molecule has 1 aromatic heterocycles. The van der Waals surface area contributed by atoms with Gasteiger partial charge in [0.2, 0.25) is 0 Å². The zero-order valence-corrected chi connectivity index (χ0v) is 12.5. The van der Waals surface area contributed by atoms with Gasteiger partial charge in [-0.2, -0.15) is 17.4 Å². The van der Waals surface area contributed by atoms with Crippen molar-refractivity contribution in [2.24, 2.45) is 0 Å². The highest BCUT2D eigenvalue weighted by Crippen LogP contribution is 2.02. The molecule has 1 heterocycles. The van der Waals surface area contributed by atoms with Gasteiger partial charge in [-0.25, -0.2) is 0 Å². The Kier molecular flexibility index (Phi) is 6.50. The van der Waals surface area contributed by atoms with Crippen LogP contribution in [0.15, 0.2) is 22.8 Å². The summed E-state index contributed by atoms with van der Waals surface area (Å²) in [6.07, 6.45) is 2.29. The quantitative estimate of drug-likeness (QED) is 0.663. The molecule has 0 saturated carbocycles. The molecule has 0 radical (unpaired) electrons. The fourth-order valence-electron chi connectivity index (χ4n) is 1.50. The van der Waals surface area contributed by atoms with Gasteiger partial charge in [0.25, 0.3) is 10.2 Å². The Balaban J connectivity index is 2.30. The first kappa shape index (κ1) is 16.2.